The number of para-hydroxylation sites is 1. The summed E-state index contributed by atoms with van der Waals surface area (Å²) in [7, 11) is 0. The van der Waals surface area contributed by atoms with E-state index >= 15 is 0 Å². The number of carbonyl (C=O) groups is 1. The zero-order chi connectivity index (χ0) is 11.8. The molecule has 0 saturated carbocycles. The lowest BCUT2D eigenvalue weighted by atomic mass is 10.3. The van der Waals surface area contributed by atoms with Crippen LogP contribution in [0, 0.1) is 0 Å². The van der Waals surface area contributed by atoms with Gasteiger partial charge < -0.3 is 10.1 Å². The van der Waals surface area contributed by atoms with Crippen LogP contribution in [-0.4, -0.2) is 19.1 Å². The van der Waals surface area contributed by atoms with E-state index < -0.39 is 0 Å². The van der Waals surface area contributed by atoms with Crippen molar-refractivity contribution in [1.82, 2.24) is 5.32 Å². The Labute approximate surface area is 100 Å². The molecule has 0 spiro atoms. The van der Waals surface area contributed by atoms with E-state index in [9.17, 15) is 4.79 Å². The van der Waals surface area contributed by atoms with Crippen LogP contribution in [0.3, 0.4) is 0 Å². The maximum absolute atomic E-state index is 11.2. The Hall–Kier alpha value is -1.48. The Morgan fingerprint density at radius 3 is 2.69 bits per heavy atom. The maximum atomic E-state index is 11.2. The van der Waals surface area contributed by atoms with Crippen molar-refractivity contribution >= 4 is 17.5 Å². The molecule has 1 N–H and O–H groups in total. The predicted molar refractivity (Wildman–Crippen MR) is 64.6 cm³/mol. The van der Waals surface area contributed by atoms with Crippen LogP contribution in [0.25, 0.3) is 0 Å². The van der Waals surface area contributed by atoms with Gasteiger partial charge >= 0.3 is 0 Å². The molecule has 0 radical (unpaired) electrons. The summed E-state index contributed by atoms with van der Waals surface area (Å²) in [6, 6.07) is 9.36. The molecule has 1 aromatic rings. The van der Waals surface area contributed by atoms with Crippen molar-refractivity contribution in [1.29, 1.82) is 0 Å². The van der Waals surface area contributed by atoms with Crippen LogP contribution >= 0.6 is 11.6 Å². The summed E-state index contributed by atoms with van der Waals surface area (Å²) in [6.07, 6.45) is 0.305. The quantitative estimate of drug-likeness (QED) is 0.828. The molecule has 0 heterocycles. The molecule has 0 aliphatic carbocycles. The molecule has 0 bridgehead atoms. The van der Waals surface area contributed by atoms with Crippen molar-refractivity contribution in [2.24, 2.45) is 0 Å². The fourth-order valence-electron chi connectivity index (χ4n) is 1.06. The molecule has 4 heteroatoms. The first-order valence-electron chi connectivity index (χ1n) is 4.96. The smallest absolute Gasteiger partial charge is 0.223 e. The molecule has 1 aromatic carbocycles. The molecular weight excluding hydrogens is 226 g/mol. The largest absolute Gasteiger partial charge is 0.493 e. The lowest BCUT2D eigenvalue weighted by Crippen LogP contribution is -2.25. The summed E-state index contributed by atoms with van der Waals surface area (Å²) in [5.74, 6) is 0.662. The summed E-state index contributed by atoms with van der Waals surface area (Å²) in [6.45, 7) is 4.12. The van der Waals surface area contributed by atoms with Gasteiger partial charge in [0.25, 0.3) is 0 Å². The van der Waals surface area contributed by atoms with Crippen molar-refractivity contribution in [2.75, 3.05) is 13.2 Å². The summed E-state index contributed by atoms with van der Waals surface area (Å²) >= 11 is 5.51. The standard InChI is InChI=1S/C12H14ClNO2/c1-10(13)9-14-12(15)7-8-16-11-5-3-2-4-6-11/h2-6H,1,7-9H2,(H,14,15). The van der Waals surface area contributed by atoms with E-state index in [1.165, 1.54) is 0 Å². The highest BCUT2D eigenvalue weighted by Crippen LogP contribution is 2.08. The van der Waals surface area contributed by atoms with E-state index in [0.717, 1.165) is 5.75 Å². The Morgan fingerprint density at radius 2 is 2.06 bits per heavy atom. The van der Waals surface area contributed by atoms with Crippen LogP contribution in [-0.2, 0) is 4.79 Å². The maximum Gasteiger partial charge on any atom is 0.223 e. The van der Waals surface area contributed by atoms with Gasteiger partial charge in [-0.1, -0.05) is 36.4 Å². The minimum absolute atomic E-state index is 0.0993. The number of hydrogen-bond acceptors (Lipinski definition) is 2. The van der Waals surface area contributed by atoms with Crippen molar-refractivity contribution in [3.63, 3.8) is 0 Å². The van der Waals surface area contributed by atoms with Gasteiger partial charge in [-0.05, 0) is 12.1 Å². The van der Waals surface area contributed by atoms with E-state index in [1.54, 1.807) is 0 Å². The highest BCUT2D eigenvalue weighted by Gasteiger charge is 2.01. The number of hydrogen-bond donors (Lipinski definition) is 1. The van der Waals surface area contributed by atoms with Crippen LogP contribution in [0.2, 0.25) is 0 Å². The first-order chi connectivity index (χ1) is 7.68. The summed E-state index contributed by atoms with van der Waals surface area (Å²) < 4.78 is 5.37. The third kappa shape index (κ3) is 5.41. The molecule has 0 fully saturated rings. The van der Waals surface area contributed by atoms with Crippen LogP contribution in [0.5, 0.6) is 5.75 Å². The van der Waals surface area contributed by atoms with Crippen molar-refractivity contribution < 1.29 is 9.53 Å². The van der Waals surface area contributed by atoms with E-state index in [-0.39, 0.29) is 5.91 Å². The third-order valence-corrected chi connectivity index (χ3v) is 1.95. The average Bonchev–Trinajstić information content (AvgIpc) is 2.28. The van der Waals surface area contributed by atoms with Gasteiger partial charge in [0.2, 0.25) is 5.91 Å². The van der Waals surface area contributed by atoms with E-state index in [4.69, 9.17) is 16.3 Å². The SMILES string of the molecule is C=C(Cl)CNC(=O)CCOc1ccccc1. The first-order valence-corrected chi connectivity index (χ1v) is 5.34. The van der Waals surface area contributed by atoms with Gasteiger partial charge in [0, 0.05) is 5.03 Å². The van der Waals surface area contributed by atoms with Crippen LogP contribution in [0.4, 0.5) is 0 Å². The molecule has 0 saturated heterocycles. The van der Waals surface area contributed by atoms with Crippen molar-refractivity contribution in [2.45, 2.75) is 6.42 Å². The van der Waals surface area contributed by atoms with Crippen molar-refractivity contribution in [3.8, 4) is 5.75 Å². The first kappa shape index (κ1) is 12.6. The Kier molecular flexibility index (Phi) is 5.43. The monoisotopic (exact) mass is 239 g/mol. The molecular formula is C12H14ClNO2. The lowest BCUT2D eigenvalue weighted by Gasteiger charge is -2.06. The number of benzene rings is 1. The second kappa shape index (κ2) is 6.90. The van der Waals surface area contributed by atoms with Gasteiger partial charge in [-0.25, -0.2) is 0 Å². The van der Waals surface area contributed by atoms with Crippen molar-refractivity contribution in [3.05, 3.63) is 41.9 Å². The van der Waals surface area contributed by atoms with Gasteiger partial charge in [-0.15, -0.1) is 0 Å². The molecule has 0 atom stereocenters. The highest BCUT2D eigenvalue weighted by atomic mass is 35.5. The molecule has 3 nitrogen and oxygen atoms in total. The molecule has 0 unspecified atom stereocenters. The number of rotatable bonds is 6. The second-order valence-electron chi connectivity index (χ2n) is 3.21. The Balaban J connectivity index is 2.16. The fourth-order valence-corrected chi connectivity index (χ4v) is 1.13. The third-order valence-electron chi connectivity index (χ3n) is 1.82. The normalized spacial score (nSPS) is 9.56. The molecule has 1 amide bonds. The summed E-state index contributed by atoms with van der Waals surface area (Å²) in [5.41, 5.74) is 0. The highest BCUT2D eigenvalue weighted by molar-refractivity contribution is 6.29. The minimum atomic E-state index is -0.0993. The van der Waals surface area contributed by atoms with E-state index in [1.807, 2.05) is 30.3 Å². The predicted octanol–water partition coefficient (Wildman–Crippen LogP) is 2.32. The molecule has 0 aromatic heterocycles. The van der Waals surface area contributed by atoms with Crippen LogP contribution in [0.1, 0.15) is 6.42 Å². The van der Waals surface area contributed by atoms with Gasteiger partial charge in [-0.3, -0.25) is 4.79 Å². The number of amides is 1. The van der Waals surface area contributed by atoms with Gasteiger partial charge in [0.15, 0.2) is 0 Å². The molecule has 0 aliphatic rings. The number of ether oxygens (including phenoxy) is 1. The number of carbonyl (C=O) groups excluding carboxylic acids is 1. The van der Waals surface area contributed by atoms with Gasteiger partial charge in [0.1, 0.15) is 5.75 Å². The number of halogens is 1. The Bertz CT molecular complexity index is 351. The second-order valence-corrected chi connectivity index (χ2v) is 3.74. The van der Waals surface area contributed by atoms with Crippen LogP contribution in [0.15, 0.2) is 41.9 Å². The van der Waals surface area contributed by atoms with Crippen LogP contribution < -0.4 is 10.1 Å². The lowest BCUT2D eigenvalue weighted by molar-refractivity contribution is -0.121. The molecule has 1 rings (SSSR count). The fraction of sp³-hybridized carbons (Fsp3) is 0.250. The topological polar surface area (TPSA) is 38.3 Å². The molecule has 0 aliphatic heterocycles. The summed E-state index contributed by atoms with van der Waals surface area (Å²) in [5, 5.41) is 3.03. The Morgan fingerprint density at radius 1 is 1.38 bits per heavy atom. The van der Waals surface area contributed by atoms with Gasteiger partial charge in [0.05, 0.1) is 19.6 Å². The van der Waals surface area contributed by atoms with E-state index in [0.29, 0.717) is 24.6 Å². The minimum Gasteiger partial charge on any atom is -0.493 e. The zero-order valence-electron chi connectivity index (χ0n) is 8.91. The van der Waals surface area contributed by atoms with Gasteiger partial charge in [-0.2, -0.15) is 0 Å². The zero-order valence-corrected chi connectivity index (χ0v) is 9.67. The molecule has 86 valence electrons. The van der Waals surface area contributed by atoms with E-state index in [2.05, 4.69) is 11.9 Å². The summed E-state index contributed by atoms with van der Waals surface area (Å²) in [4.78, 5) is 11.2. The molecule has 16 heavy (non-hydrogen) atoms. The average molecular weight is 240 g/mol. The number of nitrogens with one attached hydrogen (secondary N) is 1.